The van der Waals surface area contributed by atoms with Crippen molar-refractivity contribution in [1.82, 2.24) is 15.1 Å². The van der Waals surface area contributed by atoms with Crippen LogP contribution in [0.2, 0.25) is 0 Å². The summed E-state index contributed by atoms with van der Waals surface area (Å²) < 4.78 is 15.2. The summed E-state index contributed by atoms with van der Waals surface area (Å²) in [6.45, 7) is 5.02. The number of benzene rings is 1. The Kier molecular flexibility index (Phi) is 5.12. The highest BCUT2D eigenvalue weighted by atomic mass is 79.9. The van der Waals surface area contributed by atoms with Gasteiger partial charge < -0.3 is 5.32 Å². The van der Waals surface area contributed by atoms with Gasteiger partial charge in [0, 0.05) is 13.1 Å². The molecule has 0 saturated heterocycles. The number of rotatable bonds is 5. The zero-order valence-electron chi connectivity index (χ0n) is 11.9. The van der Waals surface area contributed by atoms with Crippen molar-refractivity contribution in [2.75, 3.05) is 6.54 Å². The van der Waals surface area contributed by atoms with Gasteiger partial charge in [0.05, 0.1) is 10.7 Å². The Labute approximate surface area is 131 Å². The van der Waals surface area contributed by atoms with Crippen molar-refractivity contribution >= 4 is 21.8 Å². The second-order valence-electron chi connectivity index (χ2n) is 4.82. The first-order valence-electron chi connectivity index (χ1n) is 6.78. The van der Waals surface area contributed by atoms with E-state index in [9.17, 15) is 9.18 Å². The minimum Gasteiger partial charge on any atom is -0.350 e. The normalized spacial score (nSPS) is 12.2. The monoisotopic (exact) mass is 353 g/mol. The third kappa shape index (κ3) is 3.69. The molecule has 4 nitrogen and oxygen atoms in total. The predicted octanol–water partition coefficient (Wildman–Crippen LogP) is 3.34. The van der Waals surface area contributed by atoms with E-state index in [1.807, 2.05) is 13.8 Å². The molecule has 1 aromatic heterocycles. The molecule has 0 bridgehead atoms. The topological polar surface area (TPSA) is 46.9 Å². The van der Waals surface area contributed by atoms with Crippen LogP contribution in [-0.2, 0) is 6.54 Å². The van der Waals surface area contributed by atoms with Gasteiger partial charge in [0.15, 0.2) is 0 Å². The minimum atomic E-state index is -0.259. The lowest BCUT2D eigenvalue weighted by atomic mass is 10.0. The highest BCUT2D eigenvalue weighted by Gasteiger charge is 2.17. The molecule has 0 radical (unpaired) electrons. The number of hydrogen-bond acceptors (Lipinski definition) is 2. The number of carbonyl (C=O) groups is 1. The molecule has 21 heavy (non-hydrogen) atoms. The summed E-state index contributed by atoms with van der Waals surface area (Å²) in [4.78, 5) is 12.2. The van der Waals surface area contributed by atoms with E-state index in [1.165, 1.54) is 12.1 Å². The molecule has 0 aliphatic rings. The average molecular weight is 354 g/mol. The molecule has 0 aliphatic heterocycles. The van der Waals surface area contributed by atoms with E-state index in [0.29, 0.717) is 23.3 Å². The Morgan fingerprint density at radius 1 is 1.43 bits per heavy atom. The summed E-state index contributed by atoms with van der Waals surface area (Å²) >= 11 is 3.33. The number of aromatic nitrogens is 2. The van der Waals surface area contributed by atoms with E-state index in [4.69, 9.17) is 0 Å². The highest BCUT2D eigenvalue weighted by molar-refractivity contribution is 9.10. The van der Waals surface area contributed by atoms with E-state index in [1.54, 1.807) is 23.0 Å². The lowest BCUT2D eigenvalue weighted by Gasteiger charge is -2.13. The fourth-order valence-corrected chi connectivity index (χ4v) is 2.54. The molecule has 2 aromatic rings. The lowest BCUT2D eigenvalue weighted by Crippen LogP contribution is -2.29. The maximum absolute atomic E-state index is 12.9. The van der Waals surface area contributed by atoms with Crippen molar-refractivity contribution in [3.05, 3.63) is 52.0 Å². The average Bonchev–Trinajstić information content (AvgIpc) is 2.86. The molecule has 1 aromatic carbocycles. The maximum atomic E-state index is 12.9. The Hall–Kier alpha value is -1.69. The first-order valence-corrected chi connectivity index (χ1v) is 7.57. The summed E-state index contributed by atoms with van der Waals surface area (Å²) in [5, 5.41) is 7.01. The summed E-state index contributed by atoms with van der Waals surface area (Å²) in [5.74, 6) is -0.327. The number of nitrogens with one attached hydrogen (secondary N) is 1. The fourth-order valence-electron chi connectivity index (χ4n) is 2.07. The molecule has 112 valence electrons. The molecule has 1 N–H and O–H groups in total. The SMILES string of the molecule is CCn1ncc(Br)c1C(=O)NCC(C)c1ccc(F)cc1. The highest BCUT2D eigenvalue weighted by Crippen LogP contribution is 2.17. The molecule has 1 unspecified atom stereocenters. The Morgan fingerprint density at radius 3 is 2.71 bits per heavy atom. The molecular formula is C15H17BrFN3O. The number of nitrogens with zero attached hydrogens (tertiary/aromatic N) is 2. The molecule has 0 aliphatic carbocycles. The molecule has 1 amide bonds. The van der Waals surface area contributed by atoms with E-state index in [2.05, 4.69) is 26.3 Å². The first-order chi connectivity index (χ1) is 10.0. The maximum Gasteiger partial charge on any atom is 0.270 e. The second-order valence-corrected chi connectivity index (χ2v) is 5.67. The number of halogens is 2. The van der Waals surface area contributed by atoms with Gasteiger partial charge in [0.1, 0.15) is 11.5 Å². The van der Waals surface area contributed by atoms with Crippen LogP contribution in [0.25, 0.3) is 0 Å². The molecule has 0 fully saturated rings. The predicted molar refractivity (Wildman–Crippen MR) is 82.7 cm³/mol. The van der Waals surface area contributed by atoms with E-state index in [-0.39, 0.29) is 17.6 Å². The lowest BCUT2D eigenvalue weighted by molar-refractivity contribution is 0.0940. The smallest absolute Gasteiger partial charge is 0.270 e. The summed E-state index contributed by atoms with van der Waals surface area (Å²) in [6.07, 6.45) is 1.61. The van der Waals surface area contributed by atoms with Crippen LogP contribution >= 0.6 is 15.9 Å². The van der Waals surface area contributed by atoms with E-state index < -0.39 is 0 Å². The molecule has 1 atom stereocenters. The standard InChI is InChI=1S/C15H17BrFN3O/c1-3-20-14(13(16)9-19-20)15(21)18-8-10(2)11-4-6-12(17)7-5-11/h4-7,9-10H,3,8H2,1-2H3,(H,18,21). The number of hydrogen-bond donors (Lipinski definition) is 1. The van der Waals surface area contributed by atoms with Crippen molar-refractivity contribution in [1.29, 1.82) is 0 Å². The van der Waals surface area contributed by atoms with Crippen LogP contribution in [0.4, 0.5) is 4.39 Å². The van der Waals surface area contributed by atoms with Crippen molar-refractivity contribution in [2.45, 2.75) is 26.3 Å². The van der Waals surface area contributed by atoms with Gasteiger partial charge in [-0.25, -0.2) is 4.39 Å². The molecule has 0 spiro atoms. The molecular weight excluding hydrogens is 337 g/mol. The van der Waals surface area contributed by atoms with Gasteiger partial charge >= 0.3 is 0 Å². The third-order valence-electron chi connectivity index (χ3n) is 3.32. The van der Waals surface area contributed by atoms with Crippen molar-refractivity contribution in [3.63, 3.8) is 0 Å². The van der Waals surface area contributed by atoms with Gasteiger partial charge in [0.25, 0.3) is 5.91 Å². The second kappa shape index (κ2) is 6.85. The zero-order valence-corrected chi connectivity index (χ0v) is 13.5. The van der Waals surface area contributed by atoms with Gasteiger partial charge in [-0.3, -0.25) is 9.48 Å². The van der Waals surface area contributed by atoms with Crippen LogP contribution < -0.4 is 5.32 Å². The molecule has 0 saturated carbocycles. The Morgan fingerprint density at radius 2 is 2.10 bits per heavy atom. The third-order valence-corrected chi connectivity index (χ3v) is 3.90. The van der Waals surface area contributed by atoms with Crippen LogP contribution in [0.15, 0.2) is 34.9 Å². The number of aryl methyl sites for hydroxylation is 1. The summed E-state index contributed by atoms with van der Waals surface area (Å²) in [6, 6.07) is 6.32. The van der Waals surface area contributed by atoms with Crippen LogP contribution in [0.3, 0.4) is 0 Å². The molecule has 1 heterocycles. The van der Waals surface area contributed by atoms with Gasteiger partial charge in [-0.1, -0.05) is 19.1 Å². The van der Waals surface area contributed by atoms with Gasteiger partial charge in [-0.15, -0.1) is 0 Å². The minimum absolute atomic E-state index is 0.103. The van der Waals surface area contributed by atoms with Crippen LogP contribution in [-0.4, -0.2) is 22.2 Å². The van der Waals surface area contributed by atoms with Gasteiger partial charge in [-0.2, -0.15) is 5.10 Å². The van der Waals surface area contributed by atoms with Gasteiger partial charge in [0.2, 0.25) is 0 Å². The quantitative estimate of drug-likeness (QED) is 0.895. The van der Waals surface area contributed by atoms with Crippen molar-refractivity contribution in [2.24, 2.45) is 0 Å². The number of amides is 1. The molecule has 6 heteroatoms. The van der Waals surface area contributed by atoms with Crippen LogP contribution in [0.5, 0.6) is 0 Å². The zero-order chi connectivity index (χ0) is 15.4. The fraction of sp³-hybridized carbons (Fsp3) is 0.333. The van der Waals surface area contributed by atoms with Crippen LogP contribution in [0.1, 0.15) is 35.8 Å². The summed E-state index contributed by atoms with van der Waals surface area (Å²) in [5.41, 5.74) is 1.50. The largest absolute Gasteiger partial charge is 0.350 e. The molecule has 2 rings (SSSR count). The van der Waals surface area contributed by atoms with E-state index >= 15 is 0 Å². The Balaban J connectivity index is 2.00. The Bertz CT molecular complexity index is 624. The van der Waals surface area contributed by atoms with Crippen molar-refractivity contribution < 1.29 is 9.18 Å². The van der Waals surface area contributed by atoms with E-state index in [0.717, 1.165) is 5.56 Å². The van der Waals surface area contributed by atoms with Crippen molar-refractivity contribution in [3.8, 4) is 0 Å². The van der Waals surface area contributed by atoms with Gasteiger partial charge in [-0.05, 0) is 46.5 Å². The summed E-state index contributed by atoms with van der Waals surface area (Å²) in [7, 11) is 0. The number of carbonyl (C=O) groups excluding carboxylic acids is 1. The van der Waals surface area contributed by atoms with Crippen LogP contribution in [0, 0.1) is 5.82 Å². The first kappa shape index (κ1) is 15.7.